The summed E-state index contributed by atoms with van der Waals surface area (Å²) >= 11 is 5.67. The molecule has 0 aliphatic rings. The summed E-state index contributed by atoms with van der Waals surface area (Å²) in [5, 5.41) is 0.264. The molecule has 88 valence electrons. The molecule has 2 aromatic heterocycles. The highest BCUT2D eigenvalue weighted by molar-refractivity contribution is 6.29. The van der Waals surface area contributed by atoms with Crippen molar-refractivity contribution in [3.63, 3.8) is 0 Å². The maximum absolute atomic E-state index is 12.4. The van der Waals surface area contributed by atoms with Gasteiger partial charge in [0.05, 0.1) is 6.20 Å². The molecule has 2 aromatic rings. The van der Waals surface area contributed by atoms with Gasteiger partial charge in [-0.05, 0) is 12.1 Å². The Morgan fingerprint density at radius 2 is 2.00 bits per heavy atom. The van der Waals surface area contributed by atoms with Crippen LogP contribution in [0, 0.1) is 0 Å². The van der Waals surface area contributed by atoms with Gasteiger partial charge in [-0.1, -0.05) is 11.6 Å². The molecule has 0 fully saturated rings. The lowest BCUT2D eigenvalue weighted by Gasteiger charge is -2.06. The highest BCUT2D eigenvalue weighted by atomic mass is 35.5. The molecule has 0 saturated carbocycles. The second-order valence-corrected chi connectivity index (χ2v) is 3.56. The van der Waals surface area contributed by atoms with E-state index in [1.165, 1.54) is 24.5 Å². The first-order valence-electron chi connectivity index (χ1n) is 4.67. The van der Waals surface area contributed by atoms with Crippen molar-refractivity contribution in [1.82, 2.24) is 9.97 Å². The zero-order valence-corrected chi connectivity index (χ0v) is 9.23. The summed E-state index contributed by atoms with van der Waals surface area (Å²) in [6.45, 7) is 0. The molecule has 0 aromatic carbocycles. The minimum absolute atomic E-state index is 0.192. The molecule has 0 aliphatic carbocycles. The van der Waals surface area contributed by atoms with Crippen LogP contribution in [0.3, 0.4) is 0 Å². The van der Waals surface area contributed by atoms with E-state index in [-0.39, 0.29) is 16.5 Å². The van der Waals surface area contributed by atoms with Gasteiger partial charge < -0.3 is 4.74 Å². The molecular formula is C11H7ClF2N2O. The number of ether oxygens (including phenoxy) is 1. The summed E-state index contributed by atoms with van der Waals surface area (Å²) in [6, 6.07) is 4.28. The highest BCUT2D eigenvalue weighted by Gasteiger charge is 2.09. The van der Waals surface area contributed by atoms with Crippen molar-refractivity contribution in [3.05, 3.63) is 47.5 Å². The van der Waals surface area contributed by atoms with Gasteiger partial charge in [0, 0.05) is 24.0 Å². The quantitative estimate of drug-likeness (QED) is 0.782. The molecular weight excluding hydrogens is 250 g/mol. The van der Waals surface area contributed by atoms with Crippen LogP contribution >= 0.6 is 11.6 Å². The fourth-order valence-electron chi connectivity index (χ4n) is 1.20. The molecule has 2 heterocycles. The predicted octanol–water partition coefficient (Wildman–Crippen LogP) is 3.86. The summed E-state index contributed by atoms with van der Waals surface area (Å²) in [5.41, 5.74) is -0.192. The molecule has 0 saturated heterocycles. The molecule has 0 aliphatic heterocycles. The maximum atomic E-state index is 12.4. The van der Waals surface area contributed by atoms with E-state index in [9.17, 15) is 8.78 Å². The number of halogens is 3. The zero-order valence-electron chi connectivity index (χ0n) is 8.48. The van der Waals surface area contributed by atoms with E-state index in [1.807, 2.05) is 0 Å². The second-order valence-electron chi connectivity index (χ2n) is 3.17. The fraction of sp³-hybridized carbons (Fsp3) is 0.0909. The van der Waals surface area contributed by atoms with Crippen molar-refractivity contribution >= 4 is 11.6 Å². The van der Waals surface area contributed by atoms with Gasteiger partial charge in [-0.15, -0.1) is 0 Å². The van der Waals surface area contributed by atoms with Crippen molar-refractivity contribution in [3.8, 4) is 11.5 Å². The van der Waals surface area contributed by atoms with Crippen LogP contribution in [0.4, 0.5) is 8.78 Å². The highest BCUT2D eigenvalue weighted by Crippen LogP contribution is 2.26. The Labute approximate surface area is 101 Å². The van der Waals surface area contributed by atoms with E-state index >= 15 is 0 Å². The van der Waals surface area contributed by atoms with Gasteiger partial charge in [-0.25, -0.2) is 13.8 Å². The first kappa shape index (κ1) is 11.7. The summed E-state index contributed by atoms with van der Waals surface area (Å²) in [4.78, 5) is 7.45. The lowest BCUT2D eigenvalue weighted by Crippen LogP contribution is -1.90. The number of hydrogen-bond acceptors (Lipinski definition) is 3. The summed E-state index contributed by atoms with van der Waals surface area (Å²) < 4.78 is 30.2. The molecule has 0 atom stereocenters. The molecule has 2 rings (SSSR count). The van der Waals surface area contributed by atoms with Gasteiger partial charge >= 0.3 is 0 Å². The van der Waals surface area contributed by atoms with E-state index in [0.717, 1.165) is 6.20 Å². The number of nitrogens with zero attached hydrogens (tertiary/aromatic N) is 2. The molecule has 0 bridgehead atoms. The Hall–Kier alpha value is -1.75. The van der Waals surface area contributed by atoms with Crippen LogP contribution in [0.5, 0.6) is 11.5 Å². The van der Waals surface area contributed by atoms with Gasteiger partial charge in [-0.2, -0.15) is 0 Å². The monoisotopic (exact) mass is 256 g/mol. The molecule has 17 heavy (non-hydrogen) atoms. The lowest BCUT2D eigenvalue weighted by atomic mass is 10.3. The first-order chi connectivity index (χ1) is 8.15. The maximum Gasteiger partial charge on any atom is 0.265 e. The number of pyridine rings is 2. The SMILES string of the molecule is FC(F)c1cncc(Oc2ccnc(Cl)c2)c1. The third-order valence-corrected chi connectivity index (χ3v) is 2.13. The molecule has 0 unspecified atom stereocenters. The van der Waals surface area contributed by atoms with Crippen molar-refractivity contribution in [2.75, 3.05) is 0 Å². The fourth-order valence-corrected chi connectivity index (χ4v) is 1.36. The Morgan fingerprint density at radius 1 is 1.18 bits per heavy atom. The van der Waals surface area contributed by atoms with Crippen LogP contribution in [-0.2, 0) is 0 Å². The van der Waals surface area contributed by atoms with Gasteiger partial charge in [0.2, 0.25) is 0 Å². The molecule has 0 spiro atoms. The minimum atomic E-state index is -2.58. The lowest BCUT2D eigenvalue weighted by molar-refractivity contribution is 0.150. The van der Waals surface area contributed by atoms with Crippen LogP contribution in [0.2, 0.25) is 5.15 Å². The van der Waals surface area contributed by atoms with E-state index in [0.29, 0.717) is 5.75 Å². The van der Waals surface area contributed by atoms with Crippen LogP contribution in [-0.4, -0.2) is 9.97 Å². The van der Waals surface area contributed by atoms with Gasteiger partial charge in [0.15, 0.2) is 0 Å². The summed E-state index contributed by atoms with van der Waals surface area (Å²) in [5.74, 6) is 0.642. The van der Waals surface area contributed by atoms with Crippen molar-refractivity contribution in [2.24, 2.45) is 0 Å². The molecule has 0 amide bonds. The summed E-state index contributed by atoms with van der Waals surface area (Å²) in [7, 11) is 0. The van der Waals surface area contributed by atoms with Crippen LogP contribution in [0.15, 0.2) is 36.8 Å². The number of alkyl halides is 2. The first-order valence-corrected chi connectivity index (χ1v) is 5.05. The third kappa shape index (κ3) is 3.10. The number of hydrogen-bond donors (Lipinski definition) is 0. The number of aromatic nitrogens is 2. The molecule has 0 N–H and O–H groups in total. The van der Waals surface area contributed by atoms with Crippen molar-refractivity contribution in [2.45, 2.75) is 6.43 Å². The van der Waals surface area contributed by atoms with Crippen molar-refractivity contribution < 1.29 is 13.5 Å². The molecule has 0 radical (unpaired) electrons. The van der Waals surface area contributed by atoms with Gasteiger partial charge in [0.1, 0.15) is 16.7 Å². The average Bonchev–Trinajstić information content (AvgIpc) is 2.29. The van der Waals surface area contributed by atoms with E-state index in [1.54, 1.807) is 6.07 Å². The molecule has 6 heteroatoms. The standard InChI is InChI=1S/C11H7ClF2N2O/c12-10-4-8(1-2-16-10)17-9-3-7(11(13)14)5-15-6-9/h1-6,11H. The van der Waals surface area contributed by atoms with E-state index in [4.69, 9.17) is 16.3 Å². The summed E-state index contributed by atoms with van der Waals surface area (Å²) in [6.07, 6.45) is 1.33. The Bertz CT molecular complexity index is 522. The normalized spacial score (nSPS) is 10.6. The van der Waals surface area contributed by atoms with Gasteiger partial charge in [0.25, 0.3) is 6.43 Å². The Balaban J connectivity index is 2.21. The second kappa shape index (κ2) is 5.05. The van der Waals surface area contributed by atoms with Crippen LogP contribution < -0.4 is 4.74 Å². The van der Waals surface area contributed by atoms with E-state index < -0.39 is 6.43 Å². The van der Waals surface area contributed by atoms with Crippen molar-refractivity contribution in [1.29, 1.82) is 0 Å². The van der Waals surface area contributed by atoms with Crippen LogP contribution in [0.25, 0.3) is 0 Å². The van der Waals surface area contributed by atoms with Gasteiger partial charge in [-0.3, -0.25) is 4.98 Å². The largest absolute Gasteiger partial charge is 0.456 e. The third-order valence-electron chi connectivity index (χ3n) is 1.92. The smallest absolute Gasteiger partial charge is 0.265 e. The van der Waals surface area contributed by atoms with E-state index in [2.05, 4.69) is 9.97 Å². The zero-order chi connectivity index (χ0) is 12.3. The average molecular weight is 257 g/mol. The van der Waals surface area contributed by atoms with Crippen LogP contribution in [0.1, 0.15) is 12.0 Å². The predicted molar refractivity (Wildman–Crippen MR) is 58.5 cm³/mol. The minimum Gasteiger partial charge on any atom is -0.456 e. The number of rotatable bonds is 3. The topological polar surface area (TPSA) is 35.0 Å². The Kier molecular flexibility index (Phi) is 3.49. The molecule has 3 nitrogen and oxygen atoms in total. The Morgan fingerprint density at radius 3 is 2.71 bits per heavy atom.